The monoisotopic (exact) mass is 1050 g/mol. The van der Waals surface area contributed by atoms with Crippen LogP contribution in [0.2, 0.25) is 0 Å². The summed E-state index contributed by atoms with van der Waals surface area (Å²) in [6, 6.07) is 42.4. The highest BCUT2D eigenvalue weighted by molar-refractivity contribution is 5.83. The first-order valence-electron chi connectivity index (χ1n) is 26.6. The van der Waals surface area contributed by atoms with Crippen molar-refractivity contribution < 1.29 is 57.1 Å². The van der Waals surface area contributed by atoms with Crippen LogP contribution in [-0.4, -0.2) is 104 Å². The summed E-state index contributed by atoms with van der Waals surface area (Å²) in [6.07, 6.45) is 3.65. The Balaban J connectivity index is 0.000000174. The number of fused-ring (bicyclic) bond motifs is 6. The van der Waals surface area contributed by atoms with E-state index in [0.29, 0.717) is 69.7 Å². The fraction of sp³-hybridized carbons (Fsp3) is 0.403. The van der Waals surface area contributed by atoms with Crippen molar-refractivity contribution in [3.63, 3.8) is 0 Å². The van der Waals surface area contributed by atoms with Crippen LogP contribution >= 0.6 is 0 Å². The summed E-state index contributed by atoms with van der Waals surface area (Å²) in [6.45, 7) is 19.3. The van der Waals surface area contributed by atoms with Crippen LogP contribution in [0.3, 0.4) is 0 Å². The fourth-order valence-corrected chi connectivity index (χ4v) is 9.81. The van der Waals surface area contributed by atoms with Crippen LogP contribution in [-0.2, 0) is 46.4 Å². The standard InChI is InChI=1S/C21H23NO3.C19H25NO5.C12H17NO2.C10H10O2/c1-2-24-21(23)18-12-16-14-25-19-11-7-6-10-17(19)20(16)22(18)13-15-8-4-3-5-9-15;1-5-23-17(21)14-10-12-11-24-15-9-7-6-8-13(15)16(12)20(14)18(22)25-19(2,3)4;1-2-15-12(14)8-9-13-10-11-6-4-3-5-7-11;1-2-7-12-10-6-4-3-5-9(10)8-11/h3-11,16,18,20H,2,12-14H2,1H3;6-9,12,14,16H,5,10-11H2,1-4H3;3-7,13H,2,8-10H2,1H3;2-6,8H,1,7H2. The summed E-state index contributed by atoms with van der Waals surface area (Å²) >= 11 is 0. The largest absolute Gasteiger partial charge is 0.493 e. The zero-order valence-electron chi connectivity index (χ0n) is 45.3. The molecular formula is C62H75N3O12. The van der Waals surface area contributed by atoms with Crippen LogP contribution in [0.1, 0.15) is 106 Å². The van der Waals surface area contributed by atoms with Gasteiger partial charge in [0.05, 0.1) is 51.1 Å². The molecule has 2 fully saturated rings. The Morgan fingerprint density at radius 2 is 1.18 bits per heavy atom. The van der Waals surface area contributed by atoms with Gasteiger partial charge in [0.25, 0.3) is 0 Å². The maximum absolute atomic E-state index is 12.9. The molecular weight excluding hydrogens is 979 g/mol. The van der Waals surface area contributed by atoms with E-state index >= 15 is 0 Å². The minimum absolute atomic E-state index is 0.0387. The van der Waals surface area contributed by atoms with Crippen LogP contribution in [0.25, 0.3) is 0 Å². The average molecular weight is 1050 g/mol. The van der Waals surface area contributed by atoms with Gasteiger partial charge in [0.2, 0.25) is 0 Å². The lowest BCUT2D eigenvalue weighted by Gasteiger charge is -2.35. The molecule has 0 aromatic heterocycles. The predicted molar refractivity (Wildman–Crippen MR) is 293 cm³/mol. The Morgan fingerprint density at radius 3 is 1.77 bits per heavy atom. The van der Waals surface area contributed by atoms with Gasteiger partial charge >= 0.3 is 24.0 Å². The molecule has 15 heteroatoms. The van der Waals surface area contributed by atoms with E-state index in [1.54, 1.807) is 36.1 Å². The van der Waals surface area contributed by atoms with Gasteiger partial charge in [0.15, 0.2) is 6.29 Å². The summed E-state index contributed by atoms with van der Waals surface area (Å²) in [5, 5.41) is 3.19. The number of hydrogen-bond acceptors (Lipinski definition) is 14. The summed E-state index contributed by atoms with van der Waals surface area (Å²) in [4.78, 5) is 63.3. The van der Waals surface area contributed by atoms with E-state index in [-0.39, 0.29) is 48.6 Å². The number of esters is 3. The normalized spacial score (nSPS) is 19.5. The molecule has 4 aliphatic rings. The predicted octanol–water partition coefficient (Wildman–Crippen LogP) is 10.7. The van der Waals surface area contributed by atoms with Gasteiger partial charge in [-0.3, -0.25) is 24.2 Å². The number of benzene rings is 5. The summed E-state index contributed by atoms with van der Waals surface area (Å²) in [5.41, 5.74) is 4.46. The highest BCUT2D eigenvalue weighted by Gasteiger charge is 2.52. The highest BCUT2D eigenvalue weighted by atomic mass is 16.6. The molecule has 0 bridgehead atoms. The van der Waals surface area contributed by atoms with Crippen molar-refractivity contribution in [1.82, 2.24) is 15.1 Å². The van der Waals surface area contributed by atoms with Gasteiger partial charge in [-0.15, -0.1) is 0 Å². The summed E-state index contributed by atoms with van der Waals surface area (Å²) in [5.74, 6) is 1.99. The number of carbonyl (C=O) groups is 5. The molecule has 5 aromatic rings. The van der Waals surface area contributed by atoms with E-state index in [0.717, 1.165) is 42.9 Å². The van der Waals surface area contributed by atoms with Gasteiger partial charge in [0, 0.05) is 48.6 Å². The number of likely N-dealkylation sites (tertiary alicyclic amines) is 2. The van der Waals surface area contributed by atoms with Crippen molar-refractivity contribution in [2.24, 2.45) is 11.8 Å². The molecule has 6 unspecified atom stereocenters. The van der Waals surface area contributed by atoms with Gasteiger partial charge in [0.1, 0.15) is 41.5 Å². The second-order valence-corrected chi connectivity index (χ2v) is 19.6. The van der Waals surface area contributed by atoms with E-state index in [1.807, 2.05) is 120 Å². The minimum atomic E-state index is -0.653. The Labute approximate surface area is 453 Å². The SMILES string of the molecule is C=CCOc1ccccc1C=O.CCOC(=O)C1CC2COc3ccccc3C2N1C(=O)OC(C)(C)C.CCOC(=O)C1CC2COc3ccccc3C2N1Cc1ccccc1.CCOC(=O)CCNCc1ccccc1. The third kappa shape index (κ3) is 16.8. The molecule has 9 rings (SSSR count). The van der Waals surface area contributed by atoms with Crippen molar-refractivity contribution >= 4 is 30.3 Å². The summed E-state index contributed by atoms with van der Waals surface area (Å²) < 4.78 is 38.0. The molecule has 0 spiro atoms. The third-order valence-electron chi connectivity index (χ3n) is 13.0. The van der Waals surface area contributed by atoms with Crippen molar-refractivity contribution in [1.29, 1.82) is 0 Å². The number of nitrogens with zero attached hydrogens (tertiary/aromatic N) is 2. The molecule has 1 amide bonds. The highest BCUT2D eigenvalue weighted by Crippen LogP contribution is 2.49. The molecule has 0 aliphatic carbocycles. The number of carbonyl (C=O) groups excluding carboxylic acids is 5. The van der Waals surface area contributed by atoms with Gasteiger partial charge in [-0.1, -0.05) is 122 Å². The van der Waals surface area contributed by atoms with Gasteiger partial charge in [-0.2, -0.15) is 0 Å². The summed E-state index contributed by atoms with van der Waals surface area (Å²) in [7, 11) is 0. The zero-order chi connectivity index (χ0) is 55.2. The van der Waals surface area contributed by atoms with Crippen molar-refractivity contribution in [3.8, 4) is 17.2 Å². The molecule has 4 aliphatic heterocycles. The van der Waals surface area contributed by atoms with Gasteiger partial charge in [-0.05, 0) is 89.8 Å². The van der Waals surface area contributed by atoms with Gasteiger partial charge < -0.3 is 38.5 Å². The zero-order valence-corrected chi connectivity index (χ0v) is 45.3. The molecule has 1 N–H and O–H groups in total. The third-order valence-corrected chi connectivity index (χ3v) is 13.0. The van der Waals surface area contributed by atoms with Crippen molar-refractivity contribution in [3.05, 3.63) is 174 Å². The maximum atomic E-state index is 12.9. The lowest BCUT2D eigenvalue weighted by atomic mass is 9.91. The number of nitrogens with one attached hydrogen (secondary N) is 1. The number of rotatable bonds is 16. The van der Waals surface area contributed by atoms with E-state index < -0.39 is 17.7 Å². The first-order valence-corrected chi connectivity index (χ1v) is 26.6. The average Bonchev–Trinajstić information content (AvgIpc) is 4.03. The maximum Gasteiger partial charge on any atom is 0.411 e. The Hall–Kier alpha value is -7.49. The van der Waals surface area contributed by atoms with Gasteiger partial charge in [-0.25, -0.2) is 9.59 Å². The molecule has 2 saturated heterocycles. The smallest absolute Gasteiger partial charge is 0.411 e. The number of ether oxygens (including phenoxy) is 7. The quantitative estimate of drug-likeness (QED) is 0.0326. The first kappa shape index (κ1) is 58.8. The van der Waals surface area contributed by atoms with Crippen LogP contribution in [0.4, 0.5) is 4.79 Å². The second-order valence-electron chi connectivity index (χ2n) is 19.6. The van der Waals surface area contributed by atoms with Crippen LogP contribution in [0.15, 0.2) is 146 Å². The van der Waals surface area contributed by atoms with E-state index in [4.69, 9.17) is 33.2 Å². The minimum Gasteiger partial charge on any atom is -0.493 e. The van der Waals surface area contributed by atoms with E-state index in [2.05, 4.69) is 47.1 Å². The lowest BCUT2D eigenvalue weighted by molar-refractivity contribution is -0.149. The number of aldehydes is 1. The molecule has 6 atom stereocenters. The number of para-hydroxylation sites is 3. The molecule has 15 nitrogen and oxygen atoms in total. The molecule has 410 valence electrons. The lowest BCUT2D eigenvalue weighted by Crippen LogP contribution is -2.45. The van der Waals surface area contributed by atoms with E-state index in [1.165, 1.54) is 16.7 Å². The number of amides is 1. The Morgan fingerprint density at radius 1 is 0.662 bits per heavy atom. The molecule has 77 heavy (non-hydrogen) atoms. The number of hydrogen-bond donors (Lipinski definition) is 1. The Kier molecular flexibility index (Phi) is 22.7. The van der Waals surface area contributed by atoms with Crippen molar-refractivity contribution in [2.75, 3.05) is 46.2 Å². The van der Waals surface area contributed by atoms with E-state index in [9.17, 15) is 24.0 Å². The second kappa shape index (κ2) is 29.7. The molecule has 0 saturated carbocycles. The van der Waals surface area contributed by atoms with Crippen LogP contribution in [0, 0.1) is 11.8 Å². The van der Waals surface area contributed by atoms with Crippen LogP contribution in [0.5, 0.6) is 17.2 Å². The van der Waals surface area contributed by atoms with Crippen molar-refractivity contribution in [2.45, 2.75) is 104 Å². The fourth-order valence-electron chi connectivity index (χ4n) is 9.81. The molecule has 0 radical (unpaired) electrons. The first-order chi connectivity index (χ1) is 37.3. The molecule has 5 aromatic carbocycles. The molecule has 4 heterocycles. The topological polar surface area (TPSA) is 168 Å². The van der Waals surface area contributed by atoms with Crippen LogP contribution < -0.4 is 19.5 Å². The Bertz CT molecular complexity index is 2680.